The lowest BCUT2D eigenvalue weighted by atomic mass is 9.95. The van der Waals surface area contributed by atoms with Crippen molar-refractivity contribution in [1.82, 2.24) is 4.90 Å². The van der Waals surface area contributed by atoms with Crippen LogP contribution in [0.25, 0.3) is 5.76 Å². The Morgan fingerprint density at radius 3 is 2.38 bits per heavy atom. The van der Waals surface area contributed by atoms with Crippen LogP contribution < -0.4 is 9.47 Å². The second kappa shape index (κ2) is 12.2. The number of ketones is 1. The number of Topliss-reactive ketones (excluding diaryl/α,β-unsaturated/α-hetero) is 1. The fourth-order valence-corrected chi connectivity index (χ4v) is 4.32. The molecule has 0 radical (unpaired) electrons. The van der Waals surface area contributed by atoms with Gasteiger partial charge in [0, 0.05) is 25.8 Å². The van der Waals surface area contributed by atoms with Crippen LogP contribution in [0, 0.1) is 0 Å². The third kappa shape index (κ3) is 6.01. The van der Waals surface area contributed by atoms with Crippen LogP contribution in [-0.2, 0) is 14.3 Å². The van der Waals surface area contributed by atoms with Gasteiger partial charge >= 0.3 is 0 Å². The van der Waals surface area contributed by atoms with Gasteiger partial charge in [0.1, 0.15) is 23.0 Å². The summed E-state index contributed by atoms with van der Waals surface area (Å²) in [4.78, 5) is 27.9. The van der Waals surface area contributed by atoms with Gasteiger partial charge in [0.25, 0.3) is 11.7 Å². The zero-order chi connectivity index (χ0) is 26.2. The summed E-state index contributed by atoms with van der Waals surface area (Å²) in [6, 6.07) is 22.7. The second-order valence-electron chi connectivity index (χ2n) is 8.70. The number of carbonyl (C=O) groups is 2. The van der Waals surface area contributed by atoms with Crippen LogP contribution in [0.3, 0.4) is 0 Å². The van der Waals surface area contributed by atoms with E-state index < -0.39 is 17.7 Å². The lowest BCUT2D eigenvalue weighted by molar-refractivity contribution is -0.140. The molecule has 0 aromatic heterocycles. The van der Waals surface area contributed by atoms with Crippen molar-refractivity contribution in [1.29, 1.82) is 0 Å². The lowest BCUT2D eigenvalue weighted by Crippen LogP contribution is -2.31. The summed E-state index contributed by atoms with van der Waals surface area (Å²) in [5, 5.41) is 11.4. The third-order valence-corrected chi connectivity index (χ3v) is 6.02. The number of benzene rings is 3. The molecule has 0 bridgehead atoms. The Bertz CT molecular complexity index is 1270. The second-order valence-corrected chi connectivity index (χ2v) is 8.70. The maximum Gasteiger partial charge on any atom is 0.295 e. The minimum absolute atomic E-state index is 0.0342. The minimum Gasteiger partial charge on any atom is -0.507 e. The highest BCUT2D eigenvalue weighted by atomic mass is 16.5. The van der Waals surface area contributed by atoms with Crippen LogP contribution >= 0.6 is 0 Å². The van der Waals surface area contributed by atoms with Gasteiger partial charge in [-0.1, -0.05) is 49.4 Å². The quantitative estimate of drug-likeness (QED) is 0.156. The van der Waals surface area contributed by atoms with Gasteiger partial charge in [-0.05, 0) is 54.8 Å². The molecule has 1 aliphatic heterocycles. The molecule has 1 amide bonds. The first-order valence-corrected chi connectivity index (χ1v) is 12.4. The number of hydrogen-bond donors (Lipinski definition) is 1. The number of methoxy groups -OCH3 is 1. The number of nitrogens with zero attached hydrogens (tertiary/aromatic N) is 1. The Morgan fingerprint density at radius 2 is 1.62 bits per heavy atom. The minimum atomic E-state index is -0.781. The molecule has 1 saturated heterocycles. The average Bonchev–Trinajstić information content (AvgIpc) is 3.17. The molecule has 7 heteroatoms. The standard InChI is InChI=1S/C30H31NO6/c1-3-17-36-24-14-8-11-22(20-24)28(32)26-27(31(16-9-18-35-2)30(34)29(26)33)21-10-7-15-25(19-21)37-23-12-5-4-6-13-23/h4-8,10-15,19-20,27,32H,3,9,16-18H2,1-2H3/b28-26+. The molecule has 1 atom stereocenters. The highest BCUT2D eigenvalue weighted by Gasteiger charge is 2.45. The van der Waals surface area contributed by atoms with E-state index >= 15 is 0 Å². The van der Waals surface area contributed by atoms with Gasteiger partial charge in [0.15, 0.2) is 0 Å². The molecule has 1 unspecified atom stereocenters. The van der Waals surface area contributed by atoms with Crippen LogP contribution in [0.5, 0.6) is 17.2 Å². The van der Waals surface area contributed by atoms with Gasteiger partial charge in [-0.15, -0.1) is 0 Å². The molecule has 4 rings (SSSR count). The van der Waals surface area contributed by atoms with Crippen LogP contribution in [0.15, 0.2) is 84.4 Å². The summed E-state index contributed by atoms with van der Waals surface area (Å²) in [6.45, 7) is 3.26. The number of carbonyl (C=O) groups excluding carboxylic acids is 2. The van der Waals surface area contributed by atoms with Crippen molar-refractivity contribution in [3.63, 3.8) is 0 Å². The molecule has 1 aliphatic rings. The maximum absolute atomic E-state index is 13.3. The average molecular weight is 502 g/mol. The van der Waals surface area contributed by atoms with E-state index in [9.17, 15) is 14.7 Å². The number of rotatable bonds is 11. The van der Waals surface area contributed by atoms with Crippen LogP contribution in [-0.4, -0.2) is 48.6 Å². The number of aliphatic hydroxyl groups is 1. The highest BCUT2D eigenvalue weighted by molar-refractivity contribution is 6.46. The topological polar surface area (TPSA) is 85.3 Å². The number of aliphatic hydroxyl groups excluding tert-OH is 1. The summed E-state index contributed by atoms with van der Waals surface area (Å²) < 4.78 is 16.9. The zero-order valence-corrected chi connectivity index (χ0v) is 21.1. The van der Waals surface area contributed by atoms with Crippen molar-refractivity contribution < 1.29 is 28.9 Å². The van der Waals surface area contributed by atoms with Crippen molar-refractivity contribution in [3.05, 3.63) is 95.6 Å². The summed E-state index contributed by atoms with van der Waals surface area (Å²) in [5.74, 6) is 0.173. The number of ether oxygens (including phenoxy) is 3. The number of para-hydroxylation sites is 1. The monoisotopic (exact) mass is 501 g/mol. The molecule has 0 spiro atoms. The first kappa shape index (κ1) is 26.0. The Morgan fingerprint density at radius 1 is 0.892 bits per heavy atom. The number of amides is 1. The van der Waals surface area contributed by atoms with Crippen LogP contribution in [0.2, 0.25) is 0 Å². The van der Waals surface area contributed by atoms with E-state index in [2.05, 4.69) is 0 Å². The van der Waals surface area contributed by atoms with Gasteiger partial charge in [-0.3, -0.25) is 9.59 Å². The van der Waals surface area contributed by atoms with Crippen LogP contribution in [0.1, 0.15) is 36.9 Å². The summed E-state index contributed by atoms with van der Waals surface area (Å²) >= 11 is 0. The molecule has 0 aliphatic carbocycles. The summed E-state index contributed by atoms with van der Waals surface area (Å²) in [7, 11) is 1.59. The predicted octanol–water partition coefficient (Wildman–Crippen LogP) is 5.73. The number of likely N-dealkylation sites (tertiary alicyclic amines) is 1. The van der Waals surface area contributed by atoms with E-state index in [1.165, 1.54) is 4.90 Å². The molecule has 0 saturated carbocycles. The fraction of sp³-hybridized carbons (Fsp3) is 0.267. The Balaban J connectivity index is 1.76. The van der Waals surface area contributed by atoms with Crippen molar-refractivity contribution in [2.45, 2.75) is 25.8 Å². The van der Waals surface area contributed by atoms with Crippen LogP contribution in [0.4, 0.5) is 0 Å². The SMILES string of the molecule is CCCOc1cccc(/C(O)=C2\C(=O)C(=O)N(CCCOC)C2c2cccc(Oc3ccccc3)c2)c1. The fourth-order valence-electron chi connectivity index (χ4n) is 4.32. The van der Waals surface area contributed by atoms with Gasteiger partial charge < -0.3 is 24.2 Å². The third-order valence-electron chi connectivity index (χ3n) is 6.02. The van der Waals surface area contributed by atoms with E-state index in [1.54, 1.807) is 37.4 Å². The van der Waals surface area contributed by atoms with Gasteiger partial charge in [-0.2, -0.15) is 0 Å². The largest absolute Gasteiger partial charge is 0.507 e. The van der Waals surface area contributed by atoms with Crippen molar-refractivity contribution in [2.75, 3.05) is 26.9 Å². The molecule has 1 N–H and O–H groups in total. The first-order chi connectivity index (χ1) is 18.0. The smallest absolute Gasteiger partial charge is 0.295 e. The zero-order valence-electron chi connectivity index (χ0n) is 21.1. The van der Waals surface area contributed by atoms with E-state index in [-0.39, 0.29) is 11.3 Å². The lowest BCUT2D eigenvalue weighted by Gasteiger charge is -2.25. The highest BCUT2D eigenvalue weighted by Crippen LogP contribution is 2.41. The molecule has 192 valence electrons. The van der Waals surface area contributed by atoms with E-state index in [1.807, 2.05) is 55.5 Å². The molecule has 1 heterocycles. The van der Waals surface area contributed by atoms with Crippen molar-refractivity contribution in [2.24, 2.45) is 0 Å². The van der Waals surface area contributed by atoms with E-state index in [0.29, 0.717) is 54.6 Å². The van der Waals surface area contributed by atoms with Gasteiger partial charge in [0.2, 0.25) is 0 Å². The molecule has 3 aromatic carbocycles. The molecule has 7 nitrogen and oxygen atoms in total. The Kier molecular flexibility index (Phi) is 8.59. The number of hydrogen-bond acceptors (Lipinski definition) is 6. The van der Waals surface area contributed by atoms with Gasteiger partial charge in [-0.25, -0.2) is 0 Å². The van der Waals surface area contributed by atoms with E-state index in [0.717, 1.165) is 6.42 Å². The van der Waals surface area contributed by atoms with Gasteiger partial charge in [0.05, 0.1) is 18.2 Å². The van der Waals surface area contributed by atoms with E-state index in [4.69, 9.17) is 14.2 Å². The Labute approximate surface area is 216 Å². The molecular formula is C30H31NO6. The van der Waals surface area contributed by atoms with Crippen molar-refractivity contribution in [3.8, 4) is 17.2 Å². The molecule has 37 heavy (non-hydrogen) atoms. The van der Waals surface area contributed by atoms with Crippen molar-refractivity contribution >= 4 is 17.4 Å². The maximum atomic E-state index is 13.3. The summed E-state index contributed by atoms with van der Waals surface area (Å²) in [5.41, 5.74) is 1.10. The Hall–Kier alpha value is -4.10. The first-order valence-electron chi connectivity index (χ1n) is 12.4. The normalized spacial score (nSPS) is 16.7. The molecular weight excluding hydrogens is 470 g/mol. The predicted molar refractivity (Wildman–Crippen MR) is 141 cm³/mol. The summed E-state index contributed by atoms with van der Waals surface area (Å²) in [6.07, 6.45) is 1.38. The molecule has 1 fully saturated rings. The molecule has 3 aromatic rings.